The lowest BCUT2D eigenvalue weighted by Gasteiger charge is -2.19. The van der Waals surface area contributed by atoms with Crippen LogP contribution in [0.3, 0.4) is 0 Å². The molecular weight excluding hydrogens is 420 g/mol. The Morgan fingerprint density at radius 1 is 0.839 bits per heavy atom. The van der Waals surface area contributed by atoms with Crippen LogP contribution in [0.5, 0.6) is 5.75 Å². The van der Waals surface area contributed by atoms with Crippen molar-refractivity contribution in [3.05, 3.63) is 99.1 Å². The first-order valence-corrected chi connectivity index (χ1v) is 9.65. The van der Waals surface area contributed by atoms with Gasteiger partial charge in [-0.25, -0.2) is 4.79 Å². The summed E-state index contributed by atoms with van der Waals surface area (Å²) in [5.41, 5.74) is 0.852. The van der Waals surface area contributed by atoms with Gasteiger partial charge >= 0.3 is 5.97 Å². The Kier molecular flexibility index (Phi) is 5.40. The largest absolute Gasteiger partial charge is 0.497 e. The summed E-state index contributed by atoms with van der Waals surface area (Å²) in [6.45, 7) is -0.506. The van der Waals surface area contributed by atoms with Crippen LogP contribution in [0.15, 0.2) is 60.7 Å². The van der Waals surface area contributed by atoms with Gasteiger partial charge in [0.2, 0.25) is 0 Å². The summed E-state index contributed by atoms with van der Waals surface area (Å²) in [4.78, 5) is 50.4. The lowest BCUT2D eigenvalue weighted by Crippen LogP contribution is -2.23. The first-order chi connectivity index (χ1) is 14.9. The van der Waals surface area contributed by atoms with Crippen molar-refractivity contribution in [2.24, 2.45) is 0 Å². The van der Waals surface area contributed by atoms with E-state index < -0.39 is 24.1 Å². The molecular formula is C24H15ClO6. The molecule has 0 radical (unpaired) electrons. The van der Waals surface area contributed by atoms with Crippen LogP contribution in [0.2, 0.25) is 5.02 Å². The third kappa shape index (κ3) is 3.62. The van der Waals surface area contributed by atoms with Crippen molar-refractivity contribution in [1.82, 2.24) is 0 Å². The quantitative estimate of drug-likeness (QED) is 0.346. The zero-order chi connectivity index (χ0) is 22.1. The van der Waals surface area contributed by atoms with Crippen molar-refractivity contribution >= 4 is 34.9 Å². The molecule has 1 aliphatic rings. The van der Waals surface area contributed by atoms with E-state index in [2.05, 4.69) is 0 Å². The Labute approximate surface area is 182 Å². The molecule has 1 aliphatic carbocycles. The summed E-state index contributed by atoms with van der Waals surface area (Å²) >= 11 is 6.34. The second kappa shape index (κ2) is 8.16. The Morgan fingerprint density at radius 3 is 2.13 bits per heavy atom. The number of Topliss-reactive ketones (excluding diaryl/α,β-unsaturated/α-hetero) is 1. The Bertz CT molecular complexity index is 1240. The van der Waals surface area contributed by atoms with Gasteiger partial charge in [-0.2, -0.15) is 0 Å². The van der Waals surface area contributed by atoms with Crippen LogP contribution in [-0.2, 0) is 4.74 Å². The molecule has 0 atom stereocenters. The molecule has 0 N–H and O–H groups in total. The van der Waals surface area contributed by atoms with E-state index in [0.717, 1.165) is 0 Å². The van der Waals surface area contributed by atoms with Crippen molar-refractivity contribution < 1.29 is 28.7 Å². The molecule has 154 valence electrons. The summed E-state index contributed by atoms with van der Waals surface area (Å²) in [5, 5.41) is -0.174. The number of carbonyl (C=O) groups excluding carboxylic acids is 4. The zero-order valence-electron chi connectivity index (χ0n) is 16.3. The van der Waals surface area contributed by atoms with Gasteiger partial charge in [0.25, 0.3) is 0 Å². The molecule has 0 unspecified atom stereocenters. The molecule has 0 amide bonds. The van der Waals surface area contributed by atoms with Crippen LogP contribution < -0.4 is 4.74 Å². The maximum atomic E-state index is 12.9. The molecule has 0 spiro atoms. The first kappa shape index (κ1) is 20.5. The molecule has 0 heterocycles. The van der Waals surface area contributed by atoms with Gasteiger partial charge in [-0.05, 0) is 36.4 Å². The van der Waals surface area contributed by atoms with Crippen molar-refractivity contribution in [3.63, 3.8) is 0 Å². The SMILES string of the molecule is COc1ccc(C(=O)COC(=O)c2ccc3c(c2Cl)C(=O)c2ccccc2C3=O)cc1. The van der Waals surface area contributed by atoms with E-state index in [9.17, 15) is 19.2 Å². The van der Waals surface area contributed by atoms with Crippen molar-refractivity contribution in [1.29, 1.82) is 0 Å². The molecule has 0 saturated heterocycles. The highest BCUT2D eigenvalue weighted by molar-refractivity contribution is 6.41. The molecule has 7 heteroatoms. The van der Waals surface area contributed by atoms with E-state index >= 15 is 0 Å². The first-order valence-electron chi connectivity index (χ1n) is 9.27. The number of fused-ring (bicyclic) bond motifs is 2. The lowest BCUT2D eigenvalue weighted by molar-refractivity contribution is 0.0474. The summed E-state index contributed by atoms with van der Waals surface area (Å²) in [7, 11) is 1.51. The maximum Gasteiger partial charge on any atom is 0.340 e. The van der Waals surface area contributed by atoms with Crippen LogP contribution >= 0.6 is 11.6 Å². The Balaban J connectivity index is 1.56. The van der Waals surface area contributed by atoms with Crippen LogP contribution in [-0.4, -0.2) is 37.0 Å². The van der Waals surface area contributed by atoms with Crippen LogP contribution in [0.1, 0.15) is 52.6 Å². The fraction of sp³-hybridized carbons (Fsp3) is 0.0833. The van der Waals surface area contributed by atoms with Gasteiger partial charge in [0.15, 0.2) is 24.0 Å². The van der Waals surface area contributed by atoms with Gasteiger partial charge in [-0.1, -0.05) is 35.9 Å². The second-order valence-corrected chi connectivity index (χ2v) is 7.16. The number of benzene rings is 3. The molecule has 0 saturated carbocycles. The highest BCUT2D eigenvalue weighted by Gasteiger charge is 2.33. The van der Waals surface area contributed by atoms with Crippen LogP contribution in [0.4, 0.5) is 0 Å². The number of ether oxygens (including phenoxy) is 2. The van der Waals surface area contributed by atoms with E-state index in [1.54, 1.807) is 42.5 Å². The molecule has 0 aromatic heterocycles. The minimum Gasteiger partial charge on any atom is -0.497 e. The Hall–Kier alpha value is -3.77. The third-order valence-corrected chi connectivity index (χ3v) is 5.39. The number of ketones is 3. The van der Waals surface area contributed by atoms with Gasteiger partial charge in [-0.3, -0.25) is 14.4 Å². The zero-order valence-corrected chi connectivity index (χ0v) is 17.1. The third-order valence-electron chi connectivity index (χ3n) is 5.00. The van der Waals surface area contributed by atoms with Crippen molar-refractivity contribution in [2.75, 3.05) is 13.7 Å². The monoisotopic (exact) mass is 434 g/mol. The minimum atomic E-state index is -0.867. The highest BCUT2D eigenvalue weighted by Crippen LogP contribution is 2.34. The Morgan fingerprint density at radius 2 is 1.48 bits per heavy atom. The number of esters is 1. The average molecular weight is 435 g/mol. The number of hydrogen-bond acceptors (Lipinski definition) is 6. The predicted molar refractivity (Wildman–Crippen MR) is 112 cm³/mol. The van der Waals surface area contributed by atoms with Crippen molar-refractivity contribution in [3.8, 4) is 5.75 Å². The van der Waals surface area contributed by atoms with Crippen LogP contribution in [0, 0.1) is 0 Å². The number of carbonyl (C=O) groups is 4. The van der Waals surface area contributed by atoms with Gasteiger partial charge < -0.3 is 9.47 Å². The molecule has 3 aromatic carbocycles. The highest BCUT2D eigenvalue weighted by atomic mass is 35.5. The minimum absolute atomic E-state index is 0.0405. The van der Waals surface area contributed by atoms with Crippen molar-refractivity contribution in [2.45, 2.75) is 0 Å². The molecule has 4 rings (SSSR count). The topological polar surface area (TPSA) is 86.7 Å². The standard InChI is InChI=1S/C24H15ClO6/c1-30-14-8-6-13(7-9-14)19(26)12-31-24(29)18-11-10-17-20(21(18)25)23(28)16-5-3-2-4-15(16)22(17)27/h2-11H,12H2,1H3. The van der Waals surface area contributed by atoms with Gasteiger partial charge in [0.1, 0.15) is 5.75 Å². The van der Waals surface area contributed by atoms with Crippen LogP contribution in [0.25, 0.3) is 0 Å². The molecule has 0 aliphatic heterocycles. The van der Waals surface area contributed by atoms with E-state index in [4.69, 9.17) is 21.1 Å². The molecule has 0 bridgehead atoms. The molecule has 0 fully saturated rings. The smallest absolute Gasteiger partial charge is 0.340 e. The number of methoxy groups -OCH3 is 1. The summed E-state index contributed by atoms with van der Waals surface area (Å²) < 4.78 is 10.1. The van der Waals surface area contributed by atoms with Gasteiger partial charge in [0.05, 0.1) is 23.3 Å². The number of rotatable bonds is 5. The molecule has 31 heavy (non-hydrogen) atoms. The van der Waals surface area contributed by atoms with Gasteiger partial charge in [-0.15, -0.1) is 0 Å². The molecule has 3 aromatic rings. The lowest BCUT2D eigenvalue weighted by atomic mass is 9.83. The second-order valence-electron chi connectivity index (χ2n) is 6.78. The van der Waals surface area contributed by atoms with E-state index in [-0.39, 0.29) is 38.6 Å². The van der Waals surface area contributed by atoms with Gasteiger partial charge in [0, 0.05) is 22.3 Å². The summed E-state index contributed by atoms with van der Waals surface area (Å²) in [6.07, 6.45) is 0. The van der Waals surface area contributed by atoms with E-state index in [0.29, 0.717) is 11.3 Å². The fourth-order valence-corrected chi connectivity index (χ4v) is 3.70. The number of halogens is 1. The fourth-order valence-electron chi connectivity index (χ4n) is 3.37. The average Bonchev–Trinajstić information content (AvgIpc) is 2.80. The summed E-state index contributed by atoms with van der Waals surface area (Å²) in [6, 6.07) is 15.5. The summed E-state index contributed by atoms with van der Waals surface area (Å²) in [5.74, 6) is -1.48. The predicted octanol–water partition coefficient (Wildman–Crippen LogP) is 4.16. The number of hydrogen-bond donors (Lipinski definition) is 0. The van der Waals surface area contributed by atoms with E-state index in [1.807, 2.05) is 0 Å². The normalized spacial score (nSPS) is 12.1. The molecule has 6 nitrogen and oxygen atoms in total. The maximum absolute atomic E-state index is 12.9. The van der Waals surface area contributed by atoms with E-state index in [1.165, 1.54) is 25.3 Å².